The van der Waals surface area contributed by atoms with Crippen LogP contribution in [0.25, 0.3) is 6.08 Å². The molecule has 0 saturated carbocycles. The fourth-order valence-electron chi connectivity index (χ4n) is 2.55. The molecule has 1 amide bonds. The van der Waals surface area contributed by atoms with Crippen LogP contribution < -0.4 is 11.1 Å². The van der Waals surface area contributed by atoms with Crippen LogP contribution in [0.3, 0.4) is 0 Å². The first-order chi connectivity index (χ1) is 9.89. The molecule has 0 saturated heterocycles. The van der Waals surface area contributed by atoms with Gasteiger partial charge in [-0.3, -0.25) is 4.79 Å². The van der Waals surface area contributed by atoms with Gasteiger partial charge in [-0.15, -0.1) is 0 Å². The molecule has 0 heterocycles. The lowest BCUT2D eigenvalue weighted by atomic mass is 9.88. The van der Waals surface area contributed by atoms with Crippen LogP contribution >= 0.6 is 0 Å². The van der Waals surface area contributed by atoms with E-state index in [4.69, 9.17) is 5.73 Å². The van der Waals surface area contributed by atoms with E-state index in [0.717, 1.165) is 5.70 Å². The van der Waals surface area contributed by atoms with E-state index in [9.17, 15) is 4.79 Å². The zero-order valence-electron chi connectivity index (χ0n) is 12.8. The molecule has 1 aromatic rings. The van der Waals surface area contributed by atoms with Gasteiger partial charge in [0.1, 0.15) is 0 Å². The third-order valence-electron chi connectivity index (χ3n) is 3.64. The minimum Gasteiger partial charge on any atom is -0.330 e. The Balaban J connectivity index is 2.19. The highest BCUT2D eigenvalue weighted by atomic mass is 16.1. The van der Waals surface area contributed by atoms with Crippen LogP contribution in [0.2, 0.25) is 0 Å². The van der Waals surface area contributed by atoms with Gasteiger partial charge >= 0.3 is 0 Å². The number of allylic oxidation sites excluding steroid dienone is 2. The molecular formula is C18H22N2O. The molecule has 0 aromatic heterocycles. The highest BCUT2D eigenvalue weighted by Gasteiger charge is 2.22. The van der Waals surface area contributed by atoms with Gasteiger partial charge in [0.25, 0.3) is 0 Å². The lowest BCUT2D eigenvalue weighted by Gasteiger charge is -2.26. The highest BCUT2D eigenvalue weighted by Crippen LogP contribution is 2.23. The zero-order valence-corrected chi connectivity index (χ0v) is 12.8. The van der Waals surface area contributed by atoms with E-state index >= 15 is 0 Å². The van der Waals surface area contributed by atoms with Crippen molar-refractivity contribution in [3.8, 4) is 0 Å². The van der Waals surface area contributed by atoms with Gasteiger partial charge in [0.2, 0.25) is 5.91 Å². The lowest BCUT2D eigenvalue weighted by Crippen LogP contribution is -2.39. The van der Waals surface area contributed by atoms with Gasteiger partial charge < -0.3 is 11.1 Å². The van der Waals surface area contributed by atoms with Gasteiger partial charge in [-0.05, 0) is 36.6 Å². The van der Waals surface area contributed by atoms with Crippen LogP contribution in [0.1, 0.15) is 30.0 Å². The fraction of sp³-hybridized carbons (Fsp3) is 0.278. The number of carbonyl (C=O) groups is 1. The van der Waals surface area contributed by atoms with Crippen molar-refractivity contribution >= 4 is 12.0 Å². The van der Waals surface area contributed by atoms with Gasteiger partial charge in [0.15, 0.2) is 0 Å². The standard InChI is InChI=1S/C18H22N2O/c1-13-6-4-7-14(2)17(13)9-11-18(19)10-5-8-16(12-18)20-15(3)21/h4-11H,12,19H2,1-3H3,(H,20,21)/b11-9+. The van der Waals surface area contributed by atoms with Crippen molar-refractivity contribution in [3.05, 3.63) is 64.9 Å². The monoisotopic (exact) mass is 282 g/mol. The molecule has 1 aromatic carbocycles. The van der Waals surface area contributed by atoms with Crippen molar-refractivity contribution < 1.29 is 4.79 Å². The maximum Gasteiger partial charge on any atom is 0.220 e. The summed E-state index contributed by atoms with van der Waals surface area (Å²) in [6.45, 7) is 5.69. The van der Waals surface area contributed by atoms with Crippen molar-refractivity contribution in [1.29, 1.82) is 0 Å². The third kappa shape index (κ3) is 3.92. The fourth-order valence-corrected chi connectivity index (χ4v) is 2.55. The summed E-state index contributed by atoms with van der Waals surface area (Å²) in [5, 5.41) is 2.81. The quantitative estimate of drug-likeness (QED) is 0.895. The molecule has 1 aliphatic carbocycles. The summed E-state index contributed by atoms with van der Waals surface area (Å²) in [6, 6.07) is 6.24. The summed E-state index contributed by atoms with van der Waals surface area (Å²) in [6.07, 6.45) is 10.4. The van der Waals surface area contributed by atoms with Crippen LogP contribution in [-0.4, -0.2) is 11.4 Å². The molecule has 0 bridgehead atoms. The first-order valence-corrected chi connectivity index (χ1v) is 7.10. The van der Waals surface area contributed by atoms with Crippen LogP contribution in [0, 0.1) is 13.8 Å². The largest absolute Gasteiger partial charge is 0.330 e. The second-order valence-electron chi connectivity index (χ2n) is 5.66. The molecule has 1 unspecified atom stereocenters. The Kier molecular flexibility index (Phi) is 4.43. The summed E-state index contributed by atoms with van der Waals surface area (Å²) in [5.74, 6) is -0.0716. The molecule has 110 valence electrons. The van der Waals surface area contributed by atoms with E-state index in [1.165, 1.54) is 23.6 Å². The lowest BCUT2D eigenvalue weighted by molar-refractivity contribution is -0.118. The first kappa shape index (κ1) is 15.3. The second-order valence-corrected chi connectivity index (χ2v) is 5.66. The predicted molar refractivity (Wildman–Crippen MR) is 87.5 cm³/mol. The molecule has 3 heteroatoms. The van der Waals surface area contributed by atoms with Crippen molar-refractivity contribution in [2.45, 2.75) is 32.7 Å². The summed E-state index contributed by atoms with van der Waals surface area (Å²) >= 11 is 0. The zero-order chi connectivity index (χ0) is 15.5. The number of carbonyl (C=O) groups excluding carboxylic acids is 1. The van der Waals surface area contributed by atoms with E-state index in [0.29, 0.717) is 6.42 Å². The number of rotatable bonds is 3. The summed E-state index contributed by atoms with van der Waals surface area (Å²) in [7, 11) is 0. The summed E-state index contributed by atoms with van der Waals surface area (Å²) in [5.41, 5.74) is 10.3. The van der Waals surface area contributed by atoms with Gasteiger partial charge in [0, 0.05) is 19.0 Å². The van der Waals surface area contributed by atoms with Crippen LogP contribution in [0.15, 0.2) is 48.2 Å². The molecule has 3 nitrogen and oxygen atoms in total. The molecule has 0 aliphatic heterocycles. The topological polar surface area (TPSA) is 55.1 Å². The minimum absolute atomic E-state index is 0.0716. The smallest absolute Gasteiger partial charge is 0.220 e. The van der Waals surface area contributed by atoms with Gasteiger partial charge in [0.05, 0.1) is 5.54 Å². The Hall–Kier alpha value is -2.13. The van der Waals surface area contributed by atoms with Crippen molar-refractivity contribution in [2.75, 3.05) is 0 Å². The number of aryl methyl sites for hydroxylation is 2. The SMILES string of the molecule is CC(=O)NC1=CC=CC(N)(/C=C/c2c(C)cccc2C)C1. The van der Waals surface area contributed by atoms with Gasteiger partial charge in [-0.1, -0.05) is 42.5 Å². The highest BCUT2D eigenvalue weighted by molar-refractivity contribution is 5.75. The summed E-state index contributed by atoms with van der Waals surface area (Å²) < 4.78 is 0. The molecule has 1 aliphatic rings. The predicted octanol–water partition coefficient (Wildman–Crippen LogP) is 2.99. The number of nitrogens with two attached hydrogens (primary N) is 1. The third-order valence-corrected chi connectivity index (χ3v) is 3.64. The number of amides is 1. The van der Waals surface area contributed by atoms with E-state index in [1.807, 2.05) is 24.3 Å². The molecule has 0 radical (unpaired) electrons. The molecule has 0 spiro atoms. The Morgan fingerprint density at radius 3 is 2.62 bits per heavy atom. The van der Waals surface area contributed by atoms with Crippen LogP contribution in [-0.2, 0) is 4.79 Å². The van der Waals surface area contributed by atoms with Gasteiger partial charge in [-0.2, -0.15) is 0 Å². The van der Waals surface area contributed by atoms with Crippen LogP contribution in [0.5, 0.6) is 0 Å². The van der Waals surface area contributed by atoms with E-state index < -0.39 is 5.54 Å². The van der Waals surface area contributed by atoms with E-state index in [1.54, 1.807) is 0 Å². The Morgan fingerprint density at radius 1 is 1.33 bits per heavy atom. The molecule has 1 atom stereocenters. The molecule has 3 N–H and O–H groups in total. The molecular weight excluding hydrogens is 260 g/mol. The molecule has 21 heavy (non-hydrogen) atoms. The molecule has 0 fully saturated rings. The normalized spacial score (nSPS) is 21.4. The summed E-state index contributed by atoms with van der Waals surface area (Å²) in [4.78, 5) is 11.2. The van der Waals surface area contributed by atoms with Crippen molar-refractivity contribution in [3.63, 3.8) is 0 Å². The average Bonchev–Trinajstić information content (AvgIpc) is 2.37. The maximum atomic E-state index is 11.2. The van der Waals surface area contributed by atoms with Crippen molar-refractivity contribution in [2.24, 2.45) is 5.73 Å². The number of hydrogen-bond acceptors (Lipinski definition) is 2. The van der Waals surface area contributed by atoms with Crippen molar-refractivity contribution in [1.82, 2.24) is 5.32 Å². The maximum absolute atomic E-state index is 11.2. The second kappa shape index (κ2) is 6.10. The minimum atomic E-state index is -0.568. The number of hydrogen-bond donors (Lipinski definition) is 2. The number of nitrogens with one attached hydrogen (secondary N) is 1. The Bertz CT molecular complexity index is 620. The average molecular weight is 282 g/mol. The van der Waals surface area contributed by atoms with E-state index in [-0.39, 0.29) is 5.91 Å². The van der Waals surface area contributed by atoms with Gasteiger partial charge in [-0.25, -0.2) is 0 Å². The molecule has 2 rings (SSSR count). The number of benzene rings is 1. The Labute approximate surface area is 126 Å². The van der Waals surface area contributed by atoms with E-state index in [2.05, 4.69) is 43.4 Å². The van der Waals surface area contributed by atoms with Crippen LogP contribution in [0.4, 0.5) is 0 Å². The Morgan fingerprint density at radius 2 is 2.00 bits per heavy atom. The first-order valence-electron chi connectivity index (χ1n) is 7.10.